The van der Waals surface area contributed by atoms with Crippen LogP contribution < -0.4 is 10.2 Å². The number of carbonyl (C=O) groups excluding carboxylic acids is 2. The molecule has 0 saturated carbocycles. The maximum Gasteiger partial charge on any atom is 0.229 e. The van der Waals surface area contributed by atoms with Crippen molar-refractivity contribution in [2.24, 2.45) is 5.92 Å². The molecular weight excluding hydrogens is 324 g/mol. The van der Waals surface area contributed by atoms with Gasteiger partial charge < -0.3 is 10.2 Å². The monoisotopic (exact) mass is 350 g/mol. The van der Waals surface area contributed by atoms with Crippen molar-refractivity contribution in [1.82, 2.24) is 0 Å². The number of aryl methyl sites for hydroxylation is 3. The average Bonchev–Trinajstić information content (AvgIpc) is 3.02. The zero-order valence-electron chi connectivity index (χ0n) is 15.7. The predicted molar refractivity (Wildman–Crippen MR) is 105 cm³/mol. The quantitative estimate of drug-likeness (QED) is 0.882. The number of rotatable bonds is 5. The molecule has 2 amide bonds. The molecule has 1 aliphatic rings. The van der Waals surface area contributed by atoms with Gasteiger partial charge in [0.15, 0.2) is 0 Å². The van der Waals surface area contributed by atoms with Crippen molar-refractivity contribution in [2.75, 3.05) is 16.8 Å². The highest BCUT2D eigenvalue weighted by atomic mass is 16.2. The predicted octanol–water partition coefficient (Wildman–Crippen LogP) is 4.11. The fraction of sp³-hybridized carbons (Fsp3) is 0.364. The third kappa shape index (κ3) is 3.64. The van der Waals surface area contributed by atoms with Crippen molar-refractivity contribution in [3.63, 3.8) is 0 Å². The van der Waals surface area contributed by atoms with Crippen LogP contribution in [-0.4, -0.2) is 18.4 Å². The van der Waals surface area contributed by atoms with Gasteiger partial charge >= 0.3 is 0 Å². The molecular formula is C22H26N2O2. The van der Waals surface area contributed by atoms with Gasteiger partial charge in [0.2, 0.25) is 11.8 Å². The van der Waals surface area contributed by atoms with Crippen LogP contribution >= 0.6 is 0 Å². The lowest BCUT2D eigenvalue weighted by Crippen LogP contribution is -2.29. The van der Waals surface area contributed by atoms with Crippen molar-refractivity contribution >= 4 is 23.2 Å². The van der Waals surface area contributed by atoms with Crippen LogP contribution in [0.1, 0.15) is 37.0 Å². The molecule has 1 atom stereocenters. The number of hydrogen-bond acceptors (Lipinski definition) is 2. The van der Waals surface area contributed by atoms with Crippen LogP contribution in [0.5, 0.6) is 0 Å². The summed E-state index contributed by atoms with van der Waals surface area (Å²) >= 11 is 0. The second-order valence-electron chi connectivity index (χ2n) is 6.90. The lowest BCUT2D eigenvalue weighted by Gasteiger charge is -2.23. The number of amides is 2. The van der Waals surface area contributed by atoms with Gasteiger partial charge in [0.1, 0.15) is 0 Å². The fourth-order valence-corrected chi connectivity index (χ4v) is 3.63. The second kappa shape index (κ2) is 7.73. The summed E-state index contributed by atoms with van der Waals surface area (Å²) in [6, 6.07) is 13.9. The fourth-order valence-electron chi connectivity index (χ4n) is 3.63. The van der Waals surface area contributed by atoms with Gasteiger partial charge in [-0.25, -0.2) is 0 Å². The molecule has 1 unspecified atom stereocenters. The van der Waals surface area contributed by atoms with E-state index in [9.17, 15) is 9.59 Å². The molecule has 0 bridgehead atoms. The Morgan fingerprint density at radius 3 is 2.38 bits per heavy atom. The van der Waals surface area contributed by atoms with Gasteiger partial charge in [-0.1, -0.05) is 44.2 Å². The van der Waals surface area contributed by atoms with E-state index in [1.807, 2.05) is 42.2 Å². The first kappa shape index (κ1) is 18.2. The summed E-state index contributed by atoms with van der Waals surface area (Å²) in [6.45, 7) is 6.63. The zero-order chi connectivity index (χ0) is 18.7. The minimum absolute atomic E-state index is 0.0324. The van der Waals surface area contributed by atoms with E-state index in [0.29, 0.717) is 6.54 Å². The standard InChI is InChI=1S/C22H26N2O2/c1-4-16-9-7-10-17(5-2)21(16)24-14-18(13-20(24)25)22(26)23-19-11-6-8-15(3)12-19/h6-12,18H,4-5,13-14H2,1-3H3,(H,23,26). The van der Waals surface area contributed by atoms with E-state index >= 15 is 0 Å². The summed E-state index contributed by atoms with van der Waals surface area (Å²) in [5.74, 6) is -0.374. The first-order valence-corrected chi connectivity index (χ1v) is 9.32. The summed E-state index contributed by atoms with van der Waals surface area (Å²) < 4.78 is 0. The van der Waals surface area contributed by atoms with Crippen LogP contribution in [0.3, 0.4) is 0 Å². The third-order valence-electron chi connectivity index (χ3n) is 5.02. The van der Waals surface area contributed by atoms with E-state index < -0.39 is 0 Å². The van der Waals surface area contributed by atoms with Crippen molar-refractivity contribution < 1.29 is 9.59 Å². The Balaban J connectivity index is 1.80. The van der Waals surface area contributed by atoms with Crippen molar-refractivity contribution in [2.45, 2.75) is 40.0 Å². The van der Waals surface area contributed by atoms with E-state index in [1.165, 1.54) is 0 Å². The molecule has 26 heavy (non-hydrogen) atoms. The average molecular weight is 350 g/mol. The Kier molecular flexibility index (Phi) is 5.40. The minimum Gasteiger partial charge on any atom is -0.326 e. The first-order chi connectivity index (χ1) is 12.5. The summed E-state index contributed by atoms with van der Waals surface area (Å²) in [4.78, 5) is 27.2. The minimum atomic E-state index is -0.322. The van der Waals surface area contributed by atoms with Crippen LogP contribution in [-0.2, 0) is 22.4 Å². The summed E-state index contributed by atoms with van der Waals surface area (Å²) in [6.07, 6.45) is 2.00. The largest absolute Gasteiger partial charge is 0.326 e. The molecule has 1 aliphatic heterocycles. The molecule has 1 saturated heterocycles. The second-order valence-corrected chi connectivity index (χ2v) is 6.90. The molecule has 2 aromatic rings. The topological polar surface area (TPSA) is 49.4 Å². The lowest BCUT2D eigenvalue weighted by molar-refractivity contribution is -0.122. The third-order valence-corrected chi connectivity index (χ3v) is 5.02. The van der Waals surface area contributed by atoms with Crippen LogP contribution in [0, 0.1) is 12.8 Å². The van der Waals surface area contributed by atoms with E-state index in [0.717, 1.165) is 40.9 Å². The molecule has 1 fully saturated rings. The molecule has 1 N–H and O–H groups in total. The summed E-state index contributed by atoms with van der Waals surface area (Å²) in [5.41, 5.74) is 5.21. The summed E-state index contributed by atoms with van der Waals surface area (Å²) in [7, 11) is 0. The van der Waals surface area contributed by atoms with Gasteiger partial charge in [-0.05, 0) is 48.6 Å². The van der Waals surface area contributed by atoms with E-state index in [2.05, 4.69) is 31.3 Å². The number of benzene rings is 2. The van der Waals surface area contributed by atoms with Gasteiger partial charge in [0.25, 0.3) is 0 Å². The van der Waals surface area contributed by atoms with E-state index in [1.54, 1.807) is 0 Å². The van der Waals surface area contributed by atoms with Crippen molar-refractivity contribution in [3.8, 4) is 0 Å². The Hall–Kier alpha value is -2.62. The van der Waals surface area contributed by atoms with Gasteiger partial charge in [0.05, 0.1) is 5.92 Å². The molecule has 0 spiro atoms. The molecule has 1 heterocycles. The Labute approximate surface area is 155 Å². The zero-order valence-corrected chi connectivity index (χ0v) is 15.7. The number of nitrogens with zero attached hydrogens (tertiary/aromatic N) is 1. The highest BCUT2D eigenvalue weighted by Crippen LogP contribution is 2.32. The Morgan fingerprint density at radius 1 is 1.12 bits per heavy atom. The molecule has 136 valence electrons. The number of hydrogen-bond donors (Lipinski definition) is 1. The van der Waals surface area contributed by atoms with Gasteiger partial charge in [-0.3, -0.25) is 9.59 Å². The maximum atomic E-state index is 12.7. The number of carbonyl (C=O) groups is 2. The highest BCUT2D eigenvalue weighted by Gasteiger charge is 2.36. The van der Waals surface area contributed by atoms with E-state index in [4.69, 9.17) is 0 Å². The lowest BCUT2D eigenvalue weighted by atomic mass is 10.0. The molecule has 0 radical (unpaired) electrons. The van der Waals surface area contributed by atoms with Crippen LogP contribution in [0.15, 0.2) is 42.5 Å². The maximum absolute atomic E-state index is 12.7. The van der Waals surface area contributed by atoms with Crippen LogP contribution in [0.25, 0.3) is 0 Å². The molecule has 0 aromatic heterocycles. The van der Waals surface area contributed by atoms with Crippen molar-refractivity contribution in [1.29, 1.82) is 0 Å². The first-order valence-electron chi connectivity index (χ1n) is 9.32. The number of para-hydroxylation sites is 1. The molecule has 0 aliphatic carbocycles. The molecule has 4 heteroatoms. The summed E-state index contributed by atoms with van der Waals surface area (Å²) in [5, 5.41) is 2.96. The van der Waals surface area contributed by atoms with Gasteiger partial charge in [-0.15, -0.1) is 0 Å². The smallest absolute Gasteiger partial charge is 0.229 e. The Morgan fingerprint density at radius 2 is 1.77 bits per heavy atom. The van der Waals surface area contributed by atoms with Crippen LogP contribution in [0.2, 0.25) is 0 Å². The Bertz CT molecular complexity index is 806. The van der Waals surface area contributed by atoms with Gasteiger partial charge in [-0.2, -0.15) is 0 Å². The van der Waals surface area contributed by atoms with Gasteiger partial charge in [0, 0.05) is 24.3 Å². The SMILES string of the molecule is CCc1cccc(CC)c1N1CC(C(=O)Nc2cccc(C)c2)CC1=O. The normalized spacial score (nSPS) is 16.8. The number of anilines is 2. The molecule has 3 rings (SSSR count). The van der Waals surface area contributed by atoms with Crippen LogP contribution in [0.4, 0.5) is 11.4 Å². The highest BCUT2D eigenvalue weighted by molar-refractivity contribution is 6.04. The molecule has 4 nitrogen and oxygen atoms in total. The van der Waals surface area contributed by atoms with E-state index in [-0.39, 0.29) is 24.2 Å². The number of nitrogens with one attached hydrogen (secondary N) is 1. The van der Waals surface area contributed by atoms with Crippen molar-refractivity contribution in [3.05, 3.63) is 59.2 Å². The molecule has 2 aromatic carbocycles.